The Hall–Kier alpha value is -1.58. The van der Waals surface area contributed by atoms with Gasteiger partial charge in [-0.15, -0.1) is 0 Å². The van der Waals surface area contributed by atoms with Gasteiger partial charge in [0.15, 0.2) is 0 Å². The molecule has 2 aromatic rings. The lowest BCUT2D eigenvalue weighted by Crippen LogP contribution is -2.01. The summed E-state index contributed by atoms with van der Waals surface area (Å²) in [5.41, 5.74) is 1.66. The van der Waals surface area contributed by atoms with E-state index in [1.807, 2.05) is 12.1 Å². The van der Waals surface area contributed by atoms with E-state index in [1.54, 1.807) is 37.5 Å². The molecule has 1 aromatic heterocycles. The van der Waals surface area contributed by atoms with Crippen LogP contribution in [0.4, 0.5) is 0 Å². The highest BCUT2D eigenvalue weighted by molar-refractivity contribution is 6.30. The molecule has 0 unspecified atom stereocenters. The van der Waals surface area contributed by atoms with Crippen molar-refractivity contribution in [3.63, 3.8) is 0 Å². The predicted molar refractivity (Wildman–Crippen MR) is 70.7 cm³/mol. The van der Waals surface area contributed by atoms with Crippen LogP contribution < -0.4 is 4.74 Å². The molecule has 0 saturated heterocycles. The van der Waals surface area contributed by atoms with E-state index in [2.05, 4.69) is 4.98 Å². The van der Waals surface area contributed by atoms with Gasteiger partial charge in [0.2, 0.25) is 0 Å². The van der Waals surface area contributed by atoms with Gasteiger partial charge in [-0.3, -0.25) is 4.98 Å². The molecule has 0 aliphatic carbocycles. The van der Waals surface area contributed by atoms with Crippen molar-refractivity contribution in [3.05, 3.63) is 58.9 Å². The van der Waals surface area contributed by atoms with E-state index in [0.717, 1.165) is 5.56 Å². The average molecular weight is 264 g/mol. The maximum atomic E-state index is 9.68. The van der Waals surface area contributed by atoms with Crippen LogP contribution in [0, 0.1) is 0 Å². The minimum Gasteiger partial charge on any atom is -0.488 e. The predicted octanol–water partition coefficient (Wildman–Crippen LogP) is 3.37. The zero-order valence-electron chi connectivity index (χ0n) is 10.0. The molecule has 0 spiro atoms. The van der Waals surface area contributed by atoms with Crippen LogP contribution in [-0.4, -0.2) is 10.1 Å². The summed E-state index contributed by atoms with van der Waals surface area (Å²) in [6.45, 7) is 2.10. The normalized spacial score (nSPS) is 12.2. The number of aliphatic hydroxyl groups excluding tert-OH is 1. The van der Waals surface area contributed by atoms with Crippen molar-refractivity contribution in [2.24, 2.45) is 0 Å². The first-order valence-corrected chi connectivity index (χ1v) is 6.04. The summed E-state index contributed by atoms with van der Waals surface area (Å²) >= 11 is 5.90. The zero-order valence-corrected chi connectivity index (χ0v) is 10.8. The summed E-state index contributed by atoms with van der Waals surface area (Å²) < 4.78 is 5.68. The number of nitrogens with zero attached hydrogens (tertiary/aromatic N) is 1. The number of ether oxygens (including phenoxy) is 1. The molecule has 0 aliphatic rings. The van der Waals surface area contributed by atoms with Gasteiger partial charge in [0.05, 0.1) is 6.10 Å². The molecule has 18 heavy (non-hydrogen) atoms. The Morgan fingerprint density at radius 3 is 2.89 bits per heavy atom. The first-order valence-electron chi connectivity index (χ1n) is 5.66. The smallest absolute Gasteiger partial charge is 0.125 e. The lowest BCUT2D eigenvalue weighted by Gasteiger charge is -2.13. The third-order valence-corrected chi connectivity index (χ3v) is 2.77. The Morgan fingerprint density at radius 1 is 1.39 bits per heavy atom. The molecular weight excluding hydrogens is 250 g/mol. The maximum absolute atomic E-state index is 9.68. The van der Waals surface area contributed by atoms with Gasteiger partial charge in [-0.05, 0) is 31.2 Å². The second kappa shape index (κ2) is 5.85. The number of aliphatic hydroxyl groups is 1. The average Bonchev–Trinajstić information content (AvgIpc) is 2.38. The quantitative estimate of drug-likeness (QED) is 0.920. The number of hydrogen-bond donors (Lipinski definition) is 1. The van der Waals surface area contributed by atoms with Crippen LogP contribution in [0.3, 0.4) is 0 Å². The fourth-order valence-electron chi connectivity index (χ4n) is 1.62. The molecule has 0 aliphatic heterocycles. The van der Waals surface area contributed by atoms with Crippen molar-refractivity contribution in [3.8, 4) is 5.75 Å². The molecule has 0 saturated carbocycles. The molecule has 0 fully saturated rings. The number of rotatable bonds is 4. The molecule has 1 aromatic carbocycles. The van der Waals surface area contributed by atoms with E-state index in [-0.39, 0.29) is 0 Å². The molecule has 0 radical (unpaired) electrons. The van der Waals surface area contributed by atoms with Gasteiger partial charge in [0.1, 0.15) is 12.4 Å². The third kappa shape index (κ3) is 3.22. The lowest BCUT2D eigenvalue weighted by molar-refractivity contribution is 0.190. The van der Waals surface area contributed by atoms with E-state index in [1.165, 1.54) is 0 Å². The van der Waals surface area contributed by atoms with Crippen LogP contribution in [0.5, 0.6) is 5.75 Å². The van der Waals surface area contributed by atoms with Crippen molar-refractivity contribution in [2.75, 3.05) is 0 Å². The van der Waals surface area contributed by atoms with E-state index in [4.69, 9.17) is 16.3 Å². The van der Waals surface area contributed by atoms with E-state index in [9.17, 15) is 5.11 Å². The lowest BCUT2D eigenvalue weighted by atomic mass is 10.1. The van der Waals surface area contributed by atoms with Crippen LogP contribution in [0.1, 0.15) is 24.2 Å². The molecular formula is C14H14ClNO2. The topological polar surface area (TPSA) is 42.4 Å². The van der Waals surface area contributed by atoms with Crippen LogP contribution in [0.2, 0.25) is 5.02 Å². The molecule has 1 N–H and O–H groups in total. The summed E-state index contributed by atoms with van der Waals surface area (Å²) in [6.07, 6.45) is 2.85. The summed E-state index contributed by atoms with van der Waals surface area (Å²) in [5, 5.41) is 10.3. The summed E-state index contributed by atoms with van der Waals surface area (Å²) in [5.74, 6) is 0.637. The zero-order chi connectivity index (χ0) is 13.0. The van der Waals surface area contributed by atoms with Crippen molar-refractivity contribution in [2.45, 2.75) is 19.6 Å². The molecule has 1 heterocycles. The summed E-state index contributed by atoms with van der Waals surface area (Å²) in [6, 6.07) is 9.01. The second-order valence-corrected chi connectivity index (χ2v) is 4.44. The van der Waals surface area contributed by atoms with Gasteiger partial charge < -0.3 is 9.84 Å². The minimum atomic E-state index is -0.618. The largest absolute Gasteiger partial charge is 0.488 e. The third-order valence-electron chi connectivity index (χ3n) is 2.54. The number of aromatic nitrogens is 1. The SMILES string of the molecule is C[C@@H](O)c1cc(Cl)ccc1OCc1cccnc1. The Labute approximate surface area is 111 Å². The van der Waals surface area contributed by atoms with Crippen LogP contribution in [-0.2, 0) is 6.61 Å². The van der Waals surface area contributed by atoms with Crippen molar-refractivity contribution in [1.29, 1.82) is 0 Å². The Bertz CT molecular complexity index is 514. The van der Waals surface area contributed by atoms with Crippen molar-refractivity contribution >= 4 is 11.6 Å². The fraction of sp³-hybridized carbons (Fsp3) is 0.214. The standard InChI is InChI=1S/C14H14ClNO2/c1-10(17)13-7-12(15)4-5-14(13)18-9-11-3-2-6-16-8-11/h2-8,10,17H,9H2,1H3/t10-/m1/s1. The summed E-state index contributed by atoms with van der Waals surface area (Å²) in [4.78, 5) is 4.02. The van der Waals surface area contributed by atoms with Crippen molar-refractivity contribution in [1.82, 2.24) is 4.98 Å². The van der Waals surface area contributed by atoms with E-state index < -0.39 is 6.10 Å². The molecule has 0 amide bonds. The number of hydrogen-bond acceptors (Lipinski definition) is 3. The first kappa shape index (κ1) is 12.9. The van der Waals surface area contributed by atoms with Crippen LogP contribution >= 0.6 is 11.6 Å². The molecule has 3 nitrogen and oxygen atoms in total. The van der Waals surface area contributed by atoms with Gasteiger partial charge in [0, 0.05) is 28.5 Å². The van der Waals surface area contributed by atoms with E-state index >= 15 is 0 Å². The summed E-state index contributed by atoms with van der Waals surface area (Å²) in [7, 11) is 0. The second-order valence-electron chi connectivity index (χ2n) is 4.01. The van der Waals surface area contributed by atoms with Gasteiger partial charge in [0.25, 0.3) is 0 Å². The fourth-order valence-corrected chi connectivity index (χ4v) is 1.80. The highest BCUT2D eigenvalue weighted by Gasteiger charge is 2.10. The minimum absolute atomic E-state index is 0.412. The molecule has 2 rings (SSSR count). The number of benzene rings is 1. The van der Waals surface area contributed by atoms with Gasteiger partial charge in [-0.1, -0.05) is 17.7 Å². The highest BCUT2D eigenvalue weighted by atomic mass is 35.5. The molecule has 4 heteroatoms. The monoisotopic (exact) mass is 263 g/mol. The Balaban J connectivity index is 2.14. The Morgan fingerprint density at radius 2 is 2.22 bits per heavy atom. The maximum Gasteiger partial charge on any atom is 0.125 e. The molecule has 1 atom stereocenters. The van der Waals surface area contributed by atoms with Gasteiger partial charge in [-0.2, -0.15) is 0 Å². The molecule has 94 valence electrons. The van der Waals surface area contributed by atoms with Crippen molar-refractivity contribution < 1.29 is 9.84 Å². The van der Waals surface area contributed by atoms with E-state index in [0.29, 0.717) is 22.9 Å². The molecule has 0 bridgehead atoms. The van der Waals surface area contributed by atoms with Crippen LogP contribution in [0.15, 0.2) is 42.7 Å². The number of pyridine rings is 1. The highest BCUT2D eigenvalue weighted by Crippen LogP contribution is 2.28. The first-order chi connectivity index (χ1) is 8.66. The van der Waals surface area contributed by atoms with Gasteiger partial charge in [-0.25, -0.2) is 0 Å². The van der Waals surface area contributed by atoms with Gasteiger partial charge >= 0.3 is 0 Å². The number of halogens is 1. The van der Waals surface area contributed by atoms with Crippen LogP contribution in [0.25, 0.3) is 0 Å². The Kier molecular flexibility index (Phi) is 4.18.